The minimum absolute atomic E-state index is 0.0127. The molecule has 0 atom stereocenters. The highest BCUT2D eigenvalue weighted by molar-refractivity contribution is 8.02. The molecular formula is C25H27F3N4O7S. The lowest BCUT2D eigenvalue weighted by Crippen LogP contribution is -2.35. The molecular weight excluding hydrogens is 557 g/mol. The smallest absolute Gasteiger partial charge is 0.480 e. The van der Waals surface area contributed by atoms with Gasteiger partial charge in [-0.1, -0.05) is 30.3 Å². The Kier molecular flexibility index (Phi) is 12.9. The molecule has 0 spiro atoms. The van der Waals surface area contributed by atoms with E-state index in [0.717, 1.165) is 23.1 Å². The number of allylic oxidation sites excluding steroid dienone is 1. The molecule has 1 heterocycles. The Morgan fingerprint density at radius 3 is 2.00 bits per heavy atom. The second-order valence-electron chi connectivity index (χ2n) is 7.96. The van der Waals surface area contributed by atoms with Crippen molar-refractivity contribution in [3.8, 4) is 0 Å². The molecule has 0 saturated heterocycles. The molecule has 0 unspecified atom stereocenters. The van der Waals surface area contributed by atoms with Crippen molar-refractivity contribution in [2.75, 3.05) is 18.0 Å². The van der Waals surface area contributed by atoms with Crippen LogP contribution in [0.3, 0.4) is 0 Å². The van der Waals surface area contributed by atoms with E-state index in [9.17, 15) is 32.3 Å². The summed E-state index contributed by atoms with van der Waals surface area (Å²) in [7, 11) is 0. The Hall–Kier alpha value is -4.37. The van der Waals surface area contributed by atoms with Crippen LogP contribution < -0.4 is 16.4 Å². The summed E-state index contributed by atoms with van der Waals surface area (Å²) in [6, 6.07) is 15.1. The van der Waals surface area contributed by atoms with Crippen molar-refractivity contribution in [3.05, 3.63) is 76.2 Å². The predicted molar refractivity (Wildman–Crippen MR) is 141 cm³/mol. The highest BCUT2D eigenvalue weighted by Crippen LogP contribution is 2.32. The largest absolute Gasteiger partial charge is 0.490 e. The van der Waals surface area contributed by atoms with Crippen LogP contribution in [0.15, 0.2) is 65.1 Å². The van der Waals surface area contributed by atoms with E-state index in [1.54, 1.807) is 48.5 Å². The van der Waals surface area contributed by atoms with Crippen LogP contribution in [0.5, 0.6) is 0 Å². The van der Waals surface area contributed by atoms with Gasteiger partial charge in [0.1, 0.15) is 6.54 Å². The number of ketones is 1. The highest BCUT2D eigenvalue weighted by atomic mass is 32.2. The molecule has 40 heavy (non-hydrogen) atoms. The number of carboxylic acid groups (broad SMARTS) is 2. The molecule has 216 valence electrons. The molecule has 2 aromatic carbocycles. The van der Waals surface area contributed by atoms with Crippen LogP contribution >= 0.6 is 11.9 Å². The topological polar surface area (TPSA) is 184 Å². The monoisotopic (exact) mass is 584 g/mol. The number of alkyl halides is 3. The quantitative estimate of drug-likeness (QED) is 0.370. The summed E-state index contributed by atoms with van der Waals surface area (Å²) in [5, 5.41) is 16.2. The Morgan fingerprint density at radius 2 is 1.60 bits per heavy atom. The Bertz CT molecular complexity index is 1270. The number of halogens is 3. The van der Waals surface area contributed by atoms with E-state index in [4.69, 9.17) is 26.5 Å². The Labute approximate surface area is 231 Å². The molecule has 0 fully saturated rings. The van der Waals surface area contributed by atoms with Gasteiger partial charge in [0.2, 0.25) is 0 Å². The number of rotatable bonds is 6. The van der Waals surface area contributed by atoms with Gasteiger partial charge in [0.05, 0.1) is 11.4 Å². The van der Waals surface area contributed by atoms with Crippen molar-refractivity contribution in [2.45, 2.75) is 26.6 Å². The first-order valence-electron chi connectivity index (χ1n) is 11.2. The summed E-state index contributed by atoms with van der Waals surface area (Å²) in [5.41, 5.74) is 13.3. The highest BCUT2D eigenvalue weighted by Gasteiger charge is 2.38. The van der Waals surface area contributed by atoms with E-state index in [0.29, 0.717) is 29.2 Å². The molecule has 1 aliphatic rings. The van der Waals surface area contributed by atoms with E-state index in [-0.39, 0.29) is 11.7 Å². The fraction of sp³-hybridized carbons (Fsp3) is 0.240. The van der Waals surface area contributed by atoms with Crippen molar-refractivity contribution < 1.29 is 47.4 Å². The van der Waals surface area contributed by atoms with Crippen molar-refractivity contribution in [1.82, 2.24) is 4.31 Å². The zero-order chi connectivity index (χ0) is 30.6. The van der Waals surface area contributed by atoms with Gasteiger partial charge in [0, 0.05) is 17.8 Å². The molecule has 0 saturated carbocycles. The van der Waals surface area contributed by atoms with Crippen molar-refractivity contribution in [1.29, 1.82) is 0 Å². The van der Waals surface area contributed by atoms with Crippen LogP contribution in [0.25, 0.3) is 0 Å². The number of primary amides is 1. The molecule has 3 rings (SSSR count). The second-order valence-corrected chi connectivity index (χ2v) is 8.99. The first-order valence-corrected chi connectivity index (χ1v) is 12.0. The summed E-state index contributed by atoms with van der Waals surface area (Å²) in [6.07, 6.45) is -5.08. The zero-order valence-corrected chi connectivity index (χ0v) is 22.2. The van der Waals surface area contributed by atoms with E-state index in [1.807, 2.05) is 13.0 Å². The first-order chi connectivity index (χ1) is 18.6. The molecule has 0 radical (unpaired) electrons. The van der Waals surface area contributed by atoms with Crippen LogP contribution in [-0.4, -0.2) is 63.4 Å². The third kappa shape index (κ3) is 10.8. The van der Waals surface area contributed by atoms with Gasteiger partial charge in [-0.15, -0.1) is 0 Å². The predicted octanol–water partition coefficient (Wildman–Crippen LogP) is 3.40. The number of carbonyl (C=O) groups is 5. The summed E-state index contributed by atoms with van der Waals surface area (Å²) in [6.45, 7) is 3.69. The van der Waals surface area contributed by atoms with Crippen LogP contribution in [0.2, 0.25) is 0 Å². The van der Waals surface area contributed by atoms with E-state index in [2.05, 4.69) is 0 Å². The fourth-order valence-corrected chi connectivity index (χ4v) is 3.92. The zero-order valence-electron chi connectivity index (χ0n) is 21.3. The number of amides is 3. The number of hydrogen-bond acceptors (Lipinski definition) is 7. The maximum absolute atomic E-state index is 12.5. The first kappa shape index (κ1) is 33.7. The lowest BCUT2D eigenvalue weighted by molar-refractivity contribution is -0.192. The van der Waals surface area contributed by atoms with Crippen molar-refractivity contribution in [3.63, 3.8) is 0 Å². The molecule has 6 N–H and O–H groups in total. The molecule has 15 heteroatoms. The number of carboxylic acids is 2. The second kappa shape index (κ2) is 15.3. The Morgan fingerprint density at radius 1 is 1.02 bits per heavy atom. The standard InChI is InChI=1S/C16H16N2O3.C7H10N2O2S.C2HF3O2/c17-10-12-5-4-8-14(9-12)18(11-15(19)20)16(21)13-6-2-1-3-7-13;1-4-3-9(7(8)11)12-6(4)5(2)10;3-2(4,5)1(6)7/h1-9H,10-11,17H2,(H,19,20);3H2,1-2H3,(H2,8,11);(H,6,7). The maximum atomic E-state index is 12.5. The average Bonchev–Trinajstić information content (AvgIpc) is 3.30. The number of anilines is 1. The summed E-state index contributed by atoms with van der Waals surface area (Å²) < 4.78 is 33.1. The lowest BCUT2D eigenvalue weighted by Gasteiger charge is -2.21. The lowest BCUT2D eigenvalue weighted by atomic mass is 10.1. The van der Waals surface area contributed by atoms with Crippen molar-refractivity contribution in [2.24, 2.45) is 11.5 Å². The summed E-state index contributed by atoms with van der Waals surface area (Å²) >= 11 is 1.12. The number of benzene rings is 2. The van der Waals surface area contributed by atoms with Gasteiger partial charge in [-0.25, -0.2) is 9.59 Å². The number of Topliss-reactive ketones (excluding diaryl/α,β-unsaturated/α-hetero) is 1. The van der Waals surface area contributed by atoms with Crippen LogP contribution in [-0.2, 0) is 20.9 Å². The molecule has 2 aromatic rings. The molecule has 3 amide bonds. The van der Waals surface area contributed by atoms with Gasteiger partial charge in [-0.3, -0.25) is 23.6 Å². The van der Waals surface area contributed by atoms with E-state index < -0.39 is 30.7 Å². The third-order valence-electron chi connectivity index (χ3n) is 4.80. The van der Waals surface area contributed by atoms with Gasteiger partial charge in [0.25, 0.3) is 5.91 Å². The number of nitrogens with zero attached hydrogens (tertiary/aromatic N) is 2. The van der Waals surface area contributed by atoms with Gasteiger partial charge < -0.3 is 21.7 Å². The van der Waals surface area contributed by atoms with E-state index in [1.165, 1.54) is 16.1 Å². The van der Waals surface area contributed by atoms with Crippen LogP contribution in [0.1, 0.15) is 29.8 Å². The minimum Gasteiger partial charge on any atom is -0.480 e. The number of aliphatic carboxylic acids is 2. The summed E-state index contributed by atoms with van der Waals surface area (Å²) in [5.74, 6) is -4.20. The number of urea groups is 1. The number of hydrogen-bond donors (Lipinski definition) is 4. The fourth-order valence-electron chi connectivity index (χ4n) is 3.00. The van der Waals surface area contributed by atoms with Gasteiger partial charge in [0.15, 0.2) is 5.78 Å². The van der Waals surface area contributed by atoms with Crippen LogP contribution in [0, 0.1) is 0 Å². The van der Waals surface area contributed by atoms with Gasteiger partial charge in [-0.2, -0.15) is 13.2 Å². The number of nitrogens with two attached hydrogens (primary N) is 2. The van der Waals surface area contributed by atoms with E-state index >= 15 is 0 Å². The van der Waals surface area contributed by atoms with Crippen LogP contribution in [0.4, 0.5) is 23.7 Å². The van der Waals surface area contributed by atoms with Crippen molar-refractivity contribution >= 4 is 47.3 Å². The van der Waals surface area contributed by atoms with Gasteiger partial charge in [-0.05, 0) is 61.2 Å². The minimum atomic E-state index is -5.08. The number of carbonyl (C=O) groups excluding carboxylic acids is 3. The molecule has 11 nitrogen and oxygen atoms in total. The normalized spacial score (nSPS) is 12.4. The molecule has 0 aromatic heterocycles. The molecule has 1 aliphatic heterocycles. The SMILES string of the molecule is CC(=O)C1=C(C)CN(C(N)=O)S1.NCc1cccc(N(CC(=O)O)C(=O)c2ccccc2)c1.O=C(O)C(F)(F)F. The summed E-state index contributed by atoms with van der Waals surface area (Å²) in [4.78, 5) is 56.0. The van der Waals surface area contributed by atoms with Gasteiger partial charge >= 0.3 is 24.1 Å². The maximum Gasteiger partial charge on any atom is 0.490 e. The molecule has 0 bridgehead atoms. The third-order valence-corrected chi connectivity index (χ3v) is 6.14. The average molecular weight is 585 g/mol. The Balaban J connectivity index is 0.000000354. The molecule has 0 aliphatic carbocycles.